The maximum Gasteiger partial charge on any atom is 0.0433 e. The van der Waals surface area contributed by atoms with Gasteiger partial charge in [-0.1, -0.05) is 48.5 Å². The number of aliphatic hydroxyl groups is 1. The lowest BCUT2D eigenvalue weighted by atomic mass is 10.00. The van der Waals surface area contributed by atoms with Crippen molar-refractivity contribution in [1.29, 1.82) is 0 Å². The Hall–Kier alpha value is 0.440. The van der Waals surface area contributed by atoms with Crippen molar-refractivity contribution in [3.63, 3.8) is 0 Å². The van der Waals surface area contributed by atoms with Crippen LogP contribution in [0.25, 0.3) is 0 Å². The third kappa shape index (κ3) is 8.54. The van der Waals surface area contributed by atoms with Crippen LogP contribution in [0.5, 0.6) is 0 Å². The number of alkyl halides is 1. The van der Waals surface area contributed by atoms with Gasteiger partial charge in [-0.15, -0.1) is 0 Å². The first-order valence-corrected chi connectivity index (χ1v) is 6.10. The molecule has 0 spiro atoms. The lowest BCUT2D eigenvalue weighted by Crippen LogP contribution is -1.97. The number of rotatable bonds is 8. The lowest BCUT2D eigenvalue weighted by Gasteiger charge is -2.08. The average Bonchev–Trinajstić information content (AvgIpc) is 2.05. The van der Waals surface area contributed by atoms with E-state index in [1.165, 1.54) is 32.1 Å². The van der Waals surface area contributed by atoms with Crippen molar-refractivity contribution in [2.75, 3.05) is 11.9 Å². The summed E-state index contributed by atoms with van der Waals surface area (Å²) in [5, 5.41) is 9.81. The summed E-state index contributed by atoms with van der Waals surface area (Å²) < 4.78 is 0. The highest BCUT2D eigenvalue weighted by atomic mass is 79.9. The zero-order chi connectivity index (χ0) is 9.23. The number of aliphatic hydroxyl groups excluding tert-OH is 1. The Morgan fingerprint density at radius 3 is 2.33 bits per heavy atom. The smallest absolute Gasteiger partial charge is 0.0433 e. The first-order valence-electron chi connectivity index (χ1n) is 4.98. The predicted octanol–water partition coefficient (Wildman–Crippen LogP) is 3.35. The molecule has 2 heteroatoms. The molecule has 1 N–H and O–H groups in total. The Kier molecular flexibility index (Phi) is 9.88. The van der Waals surface area contributed by atoms with Crippen LogP contribution in [0.4, 0.5) is 0 Å². The Morgan fingerprint density at radius 1 is 1.08 bits per heavy atom. The van der Waals surface area contributed by atoms with E-state index in [4.69, 9.17) is 5.11 Å². The molecule has 1 atom stereocenters. The van der Waals surface area contributed by atoms with Crippen LogP contribution in [0.2, 0.25) is 0 Å². The summed E-state index contributed by atoms with van der Waals surface area (Å²) in [6, 6.07) is 0. The topological polar surface area (TPSA) is 20.2 Å². The number of hydrogen-bond donors (Lipinski definition) is 1. The standard InChI is InChI=1S/C10H21BrO/c1-10(7-9-12)6-4-2-3-5-8-11/h10,12H,2-9H2,1H3/t10-/m0/s1. The van der Waals surface area contributed by atoms with Gasteiger partial charge in [0, 0.05) is 11.9 Å². The molecule has 0 saturated carbocycles. The van der Waals surface area contributed by atoms with Gasteiger partial charge in [-0.2, -0.15) is 0 Å². The van der Waals surface area contributed by atoms with Crippen molar-refractivity contribution in [1.82, 2.24) is 0 Å². The van der Waals surface area contributed by atoms with Crippen LogP contribution >= 0.6 is 15.9 Å². The van der Waals surface area contributed by atoms with Crippen LogP contribution in [0, 0.1) is 5.92 Å². The molecule has 0 amide bonds. The molecule has 0 saturated heterocycles. The number of unbranched alkanes of at least 4 members (excludes halogenated alkanes) is 3. The molecule has 0 aromatic heterocycles. The number of halogens is 1. The summed E-state index contributed by atoms with van der Waals surface area (Å²) in [5.41, 5.74) is 0. The Bertz CT molecular complexity index is 85.9. The molecule has 0 aliphatic rings. The molecule has 0 aliphatic heterocycles. The van der Waals surface area contributed by atoms with Crippen LogP contribution < -0.4 is 0 Å². The number of hydrogen-bond acceptors (Lipinski definition) is 1. The average molecular weight is 237 g/mol. The van der Waals surface area contributed by atoms with Gasteiger partial charge < -0.3 is 5.11 Å². The van der Waals surface area contributed by atoms with E-state index in [1.54, 1.807) is 0 Å². The molecule has 74 valence electrons. The lowest BCUT2D eigenvalue weighted by molar-refractivity contribution is 0.256. The quantitative estimate of drug-likeness (QED) is 0.507. The normalized spacial score (nSPS) is 13.2. The first kappa shape index (κ1) is 12.4. The molecule has 0 radical (unpaired) electrons. The van der Waals surface area contributed by atoms with Crippen molar-refractivity contribution in [2.24, 2.45) is 5.92 Å². The largest absolute Gasteiger partial charge is 0.396 e. The van der Waals surface area contributed by atoms with Crippen molar-refractivity contribution in [2.45, 2.75) is 45.4 Å². The Labute approximate surface area is 84.7 Å². The van der Waals surface area contributed by atoms with Gasteiger partial charge in [0.1, 0.15) is 0 Å². The minimum Gasteiger partial charge on any atom is -0.396 e. The van der Waals surface area contributed by atoms with Gasteiger partial charge in [-0.3, -0.25) is 0 Å². The maximum absolute atomic E-state index is 8.67. The third-order valence-electron chi connectivity index (χ3n) is 2.20. The highest BCUT2D eigenvalue weighted by molar-refractivity contribution is 9.09. The van der Waals surface area contributed by atoms with Gasteiger partial charge in [0.05, 0.1) is 0 Å². The Morgan fingerprint density at radius 2 is 1.75 bits per heavy atom. The summed E-state index contributed by atoms with van der Waals surface area (Å²) in [6.45, 7) is 2.57. The van der Waals surface area contributed by atoms with Gasteiger partial charge in [0.15, 0.2) is 0 Å². The minimum absolute atomic E-state index is 0.350. The molecule has 1 nitrogen and oxygen atoms in total. The highest BCUT2D eigenvalue weighted by Crippen LogP contribution is 2.13. The van der Waals surface area contributed by atoms with Crippen LogP contribution in [-0.4, -0.2) is 17.0 Å². The molecular formula is C10H21BrO. The van der Waals surface area contributed by atoms with Crippen molar-refractivity contribution in [3.05, 3.63) is 0 Å². The van der Waals surface area contributed by atoms with E-state index in [2.05, 4.69) is 22.9 Å². The molecule has 0 rings (SSSR count). The first-order chi connectivity index (χ1) is 5.81. The van der Waals surface area contributed by atoms with E-state index in [1.807, 2.05) is 0 Å². The molecule has 12 heavy (non-hydrogen) atoms. The molecular weight excluding hydrogens is 216 g/mol. The third-order valence-corrected chi connectivity index (χ3v) is 2.76. The fourth-order valence-electron chi connectivity index (χ4n) is 1.31. The second-order valence-corrected chi connectivity index (χ2v) is 4.30. The molecule has 0 aromatic carbocycles. The molecule has 0 fully saturated rings. The second kappa shape index (κ2) is 9.53. The monoisotopic (exact) mass is 236 g/mol. The molecule has 0 unspecified atom stereocenters. The summed E-state index contributed by atoms with van der Waals surface area (Å²) in [6.07, 6.45) is 7.57. The zero-order valence-electron chi connectivity index (χ0n) is 8.06. The second-order valence-electron chi connectivity index (χ2n) is 3.51. The highest BCUT2D eigenvalue weighted by Gasteiger charge is 1.99. The molecule has 0 aliphatic carbocycles. The van der Waals surface area contributed by atoms with Crippen LogP contribution in [-0.2, 0) is 0 Å². The fraction of sp³-hybridized carbons (Fsp3) is 1.00. The summed E-state index contributed by atoms with van der Waals surface area (Å²) in [4.78, 5) is 0. The van der Waals surface area contributed by atoms with E-state index < -0.39 is 0 Å². The fourth-order valence-corrected chi connectivity index (χ4v) is 1.70. The van der Waals surface area contributed by atoms with E-state index in [-0.39, 0.29) is 0 Å². The van der Waals surface area contributed by atoms with Gasteiger partial charge in [-0.25, -0.2) is 0 Å². The van der Waals surface area contributed by atoms with E-state index in [0.29, 0.717) is 12.5 Å². The summed E-state index contributed by atoms with van der Waals surface area (Å²) in [5.74, 6) is 0.707. The van der Waals surface area contributed by atoms with Gasteiger partial charge in [0.25, 0.3) is 0 Å². The van der Waals surface area contributed by atoms with Crippen molar-refractivity contribution < 1.29 is 5.11 Å². The predicted molar refractivity (Wildman–Crippen MR) is 57.7 cm³/mol. The van der Waals surface area contributed by atoms with Crippen LogP contribution in [0.1, 0.15) is 45.4 Å². The van der Waals surface area contributed by atoms with E-state index in [0.717, 1.165) is 11.8 Å². The van der Waals surface area contributed by atoms with Crippen LogP contribution in [0.3, 0.4) is 0 Å². The van der Waals surface area contributed by atoms with Gasteiger partial charge >= 0.3 is 0 Å². The minimum atomic E-state index is 0.350. The molecule has 0 bridgehead atoms. The van der Waals surface area contributed by atoms with E-state index in [9.17, 15) is 0 Å². The van der Waals surface area contributed by atoms with E-state index >= 15 is 0 Å². The summed E-state index contributed by atoms with van der Waals surface area (Å²) in [7, 11) is 0. The molecule has 0 aromatic rings. The van der Waals surface area contributed by atoms with Crippen molar-refractivity contribution >= 4 is 15.9 Å². The van der Waals surface area contributed by atoms with Gasteiger partial charge in [0.2, 0.25) is 0 Å². The SMILES string of the molecule is C[C@H](CCO)CCCCCCBr. The summed E-state index contributed by atoms with van der Waals surface area (Å²) >= 11 is 3.42. The molecule has 0 heterocycles. The van der Waals surface area contributed by atoms with Crippen LogP contribution in [0.15, 0.2) is 0 Å². The Balaban J connectivity index is 2.97. The van der Waals surface area contributed by atoms with Crippen molar-refractivity contribution in [3.8, 4) is 0 Å². The zero-order valence-corrected chi connectivity index (χ0v) is 9.65. The van der Waals surface area contributed by atoms with Gasteiger partial charge in [-0.05, 0) is 18.8 Å². The maximum atomic E-state index is 8.67.